The largest absolute Gasteiger partial charge is 0.467 e. The van der Waals surface area contributed by atoms with E-state index in [2.05, 4.69) is 10.1 Å². The van der Waals surface area contributed by atoms with Gasteiger partial charge < -0.3 is 20.9 Å². The zero-order chi connectivity index (χ0) is 14.4. The molecular formula is C13H18N2O4. The maximum Gasteiger partial charge on any atom is 0.336 e. The number of aliphatic hydroxyl groups is 1. The number of carbonyl (C=O) groups excluding carboxylic acids is 2. The predicted octanol–water partition coefficient (Wildman–Crippen LogP) is 0.0224. The molecule has 0 aliphatic heterocycles. The first kappa shape index (κ1) is 15.0. The van der Waals surface area contributed by atoms with Crippen LogP contribution in [0, 0.1) is 0 Å². The average molecular weight is 266 g/mol. The van der Waals surface area contributed by atoms with Crippen LogP contribution in [-0.2, 0) is 14.3 Å². The van der Waals surface area contributed by atoms with E-state index in [-0.39, 0.29) is 12.5 Å². The van der Waals surface area contributed by atoms with Crippen LogP contribution in [0.1, 0.15) is 18.4 Å². The molecule has 1 amide bonds. The number of hydrogen-bond acceptors (Lipinski definition) is 5. The maximum atomic E-state index is 11.9. The monoisotopic (exact) mass is 266 g/mol. The van der Waals surface area contributed by atoms with E-state index >= 15 is 0 Å². The van der Waals surface area contributed by atoms with E-state index in [0.717, 1.165) is 5.56 Å². The molecule has 6 heteroatoms. The molecule has 1 rings (SSSR count). The van der Waals surface area contributed by atoms with Gasteiger partial charge in [0, 0.05) is 5.69 Å². The molecule has 0 saturated heterocycles. The molecule has 0 aliphatic carbocycles. The number of rotatable bonds is 5. The Kier molecular flexibility index (Phi) is 5.32. The molecule has 6 nitrogen and oxygen atoms in total. The molecule has 0 fully saturated rings. The number of nitrogen functional groups attached to an aromatic ring is 1. The number of carbonyl (C=O) groups is 2. The third-order valence-corrected chi connectivity index (χ3v) is 2.75. The highest BCUT2D eigenvalue weighted by Gasteiger charge is 2.19. The van der Waals surface area contributed by atoms with Gasteiger partial charge in [0.05, 0.1) is 19.6 Å². The summed E-state index contributed by atoms with van der Waals surface area (Å²) in [4.78, 5) is 22.8. The Morgan fingerprint density at radius 3 is 2.74 bits per heavy atom. The van der Waals surface area contributed by atoms with Crippen LogP contribution in [0.3, 0.4) is 0 Å². The van der Waals surface area contributed by atoms with Gasteiger partial charge in [0.2, 0.25) is 5.91 Å². The Morgan fingerprint density at radius 1 is 1.47 bits per heavy atom. The number of nitrogens with two attached hydrogens (primary N) is 1. The summed E-state index contributed by atoms with van der Waals surface area (Å²) in [5.41, 5.74) is 6.99. The minimum absolute atomic E-state index is 0.182. The Labute approximate surface area is 111 Å². The van der Waals surface area contributed by atoms with Crippen LogP contribution in [-0.4, -0.2) is 36.7 Å². The first-order chi connectivity index (χ1) is 8.95. The molecule has 1 aromatic rings. The fraction of sp³-hybridized carbons (Fsp3) is 0.385. The first-order valence-electron chi connectivity index (χ1n) is 5.84. The van der Waals surface area contributed by atoms with Crippen molar-refractivity contribution < 1.29 is 19.4 Å². The summed E-state index contributed by atoms with van der Waals surface area (Å²) in [5.74, 6) is -1.50. The quantitative estimate of drug-likeness (QED) is 0.515. The highest BCUT2D eigenvalue weighted by molar-refractivity contribution is 5.84. The lowest BCUT2D eigenvalue weighted by Gasteiger charge is -2.14. The summed E-state index contributed by atoms with van der Waals surface area (Å²) in [6, 6.07) is 6.99. The second-order valence-corrected chi connectivity index (χ2v) is 4.18. The van der Waals surface area contributed by atoms with Crippen molar-refractivity contribution >= 4 is 17.6 Å². The van der Waals surface area contributed by atoms with Gasteiger partial charge in [-0.15, -0.1) is 0 Å². The number of esters is 1. The van der Waals surface area contributed by atoms with Gasteiger partial charge >= 0.3 is 5.97 Å². The Balaban J connectivity index is 2.56. The maximum absolute atomic E-state index is 11.9. The van der Waals surface area contributed by atoms with Crippen LogP contribution >= 0.6 is 0 Å². The lowest BCUT2D eigenvalue weighted by atomic mass is 10.00. The average Bonchev–Trinajstić information content (AvgIpc) is 2.42. The zero-order valence-electron chi connectivity index (χ0n) is 10.9. The van der Waals surface area contributed by atoms with Crippen molar-refractivity contribution in [1.82, 2.24) is 5.32 Å². The standard InChI is InChI=1S/C13H18N2O4/c1-8(9-4-3-5-10(14)6-9)12(17)15-7-11(16)13(18)19-2/h3-6,8,11,16H,7,14H2,1-2H3,(H,15,17). The second-order valence-electron chi connectivity index (χ2n) is 4.18. The van der Waals surface area contributed by atoms with E-state index < -0.39 is 18.0 Å². The number of methoxy groups -OCH3 is 1. The van der Waals surface area contributed by atoms with Gasteiger partial charge in [-0.1, -0.05) is 12.1 Å². The number of benzene rings is 1. The normalized spacial score (nSPS) is 13.4. The van der Waals surface area contributed by atoms with Crippen LogP contribution in [0.5, 0.6) is 0 Å². The Bertz CT molecular complexity index is 462. The van der Waals surface area contributed by atoms with Crippen LogP contribution in [0.4, 0.5) is 5.69 Å². The summed E-state index contributed by atoms with van der Waals surface area (Å²) in [6.45, 7) is 1.53. The molecule has 0 aliphatic rings. The molecule has 0 aromatic heterocycles. The third kappa shape index (κ3) is 4.26. The number of amides is 1. The molecule has 0 bridgehead atoms. The number of aliphatic hydroxyl groups excluding tert-OH is 1. The van der Waals surface area contributed by atoms with Crippen molar-refractivity contribution in [2.24, 2.45) is 0 Å². The molecule has 0 radical (unpaired) electrons. The fourth-order valence-electron chi connectivity index (χ4n) is 1.55. The molecular weight excluding hydrogens is 248 g/mol. The second kappa shape index (κ2) is 6.75. The van der Waals surface area contributed by atoms with Gasteiger partial charge in [-0.2, -0.15) is 0 Å². The van der Waals surface area contributed by atoms with E-state index in [1.807, 2.05) is 0 Å². The molecule has 104 valence electrons. The predicted molar refractivity (Wildman–Crippen MR) is 70.3 cm³/mol. The molecule has 4 N–H and O–H groups in total. The SMILES string of the molecule is COC(=O)C(O)CNC(=O)C(C)c1cccc(N)c1. The van der Waals surface area contributed by atoms with Crippen molar-refractivity contribution in [3.05, 3.63) is 29.8 Å². The summed E-state index contributed by atoms with van der Waals surface area (Å²) in [7, 11) is 1.17. The molecule has 2 unspecified atom stereocenters. The minimum atomic E-state index is -1.36. The van der Waals surface area contributed by atoms with Crippen molar-refractivity contribution in [3.63, 3.8) is 0 Å². The van der Waals surface area contributed by atoms with E-state index in [0.29, 0.717) is 5.69 Å². The number of hydrogen-bond donors (Lipinski definition) is 3. The number of anilines is 1. The summed E-state index contributed by atoms with van der Waals surface area (Å²) in [5, 5.41) is 11.8. The van der Waals surface area contributed by atoms with Crippen LogP contribution < -0.4 is 11.1 Å². The zero-order valence-corrected chi connectivity index (χ0v) is 10.9. The van der Waals surface area contributed by atoms with Crippen molar-refractivity contribution in [2.75, 3.05) is 19.4 Å². The van der Waals surface area contributed by atoms with Crippen LogP contribution in [0.15, 0.2) is 24.3 Å². The van der Waals surface area contributed by atoms with Gasteiger partial charge in [0.15, 0.2) is 6.10 Å². The third-order valence-electron chi connectivity index (χ3n) is 2.75. The summed E-state index contributed by atoms with van der Waals surface area (Å²) < 4.78 is 4.35. The molecule has 2 atom stereocenters. The number of ether oxygens (including phenoxy) is 1. The van der Waals surface area contributed by atoms with Crippen molar-refractivity contribution in [2.45, 2.75) is 18.9 Å². The molecule has 0 spiro atoms. The van der Waals surface area contributed by atoms with Crippen molar-refractivity contribution in [3.8, 4) is 0 Å². The topological polar surface area (TPSA) is 102 Å². The van der Waals surface area contributed by atoms with Gasteiger partial charge in [-0.3, -0.25) is 4.79 Å². The lowest BCUT2D eigenvalue weighted by Crippen LogP contribution is -2.38. The molecule has 0 saturated carbocycles. The highest BCUT2D eigenvalue weighted by atomic mass is 16.5. The van der Waals surface area contributed by atoms with Gasteiger partial charge in [-0.25, -0.2) is 4.79 Å². The highest BCUT2D eigenvalue weighted by Crippen LogP contribution is 2.17. The van der Waals surface area contributed by atoms with E-state index in [1.54, 1.807) is 31.2 Å². The first-order valence-corrected chi connectivity index (χ1v) is 5.84. The van der Waals surface area contributed by atoms with Crippen molar-refractivity contribution in [1.29, 1.82) is 0 Å². The number of nitrogens with one attached hydrogen (secondary N) is 1. The minimum Gasteiger partial charge on any atom is -0.467 e. The van der Waals surface area contributed by atoms with E-state index in [1.165, 1.54) is 7.11 Å². The summed E-state index contributed by atoms with van der Waals surface area (Å²) >= 11 is 0. The molecule has 0 heterocycles. The lowest BCUT2D eigenvalue weighted by molar-refractivity contribution is -0.150. The Morgan fingerprint density at radius 2 is 2.16 bits per heavy atom. The van der Waals surface area contributed by atoms with Gasteiger partial charge in [0.1, 0.15) is 0 Å². The van der Waals surface area contributed by atoms with E-state index in [9.17, 15) is 14.7 Å². The van der Waals surface area contributed by atoms with E-state index in [4.69, 9.17) is 5.73 Å². The summed E-state index contributed by atoms with van der Waals surface area (Å²) in [6.07, 6.45) is -1.36. The fourth-order valence-corrected chi connectivity index (χ4v) is 1.55. The van der Waals surface area contributed by atoms with Crippen LogP contribution in [0.2, 0.25) is 0 Å². The Hall–Kier alpha value is -2.08. The van der Waals surface area contributed by atoms with Gasteiger partial charge in [0.25, 0.3) is 0 Å². The smallest absolute Gasteiger partial charge is 0.336 e. The molecule has 1 aromatic carbocycles. The van der Waals surface area contributed by atoms with Gasteiger partial charge in [-0.05, 0) is 24.6 Å². The molecule has 19 heavy (non-hydrogen) atoms. The van der Waals surface area contributed by atoms with Crippen LogP contribution in [0.25, 0.3) is 0 Å².